The second kappa shape index (κ2) is 6.44. The molecule has 25 heavy (non-hydrogen) atoms. The highest BCUT2D eigenvalue weighted by Crippen LogP contribution is 2.34. The third kappa shape index (κ3) is 3.05. The Morgan fingerprint density at radius 1 is 1.28 bits per heavy atom. The lowest BCUT2D eigenvalue weighted by atomic mass is 10.1. The van der Waals surface area contributed by atoms with Gasteiger partial charge in [0.25, 0.3) is 0 Å². The van der Waals surface area contributed by atoms with E-state index in [0.717, 1.165) is 35.2 Å². The molecule has 1 aromatic carbocycles. The van der Waals surface area contributed by atoms with Gasteiger partial charge in [-0.2, -0.15) is 0 Å². The molecule has 1 unspecified atom stereocenters. The van der Waals surface area contributed by atoms with Gasteiger partial charge in [0, 0.05) is 39.9 Å². The normalized spacial score (nSPS) is 17.6. The van der Waals surface area contributed by atoms with Crippen LogP contribution >= 0.6 is 27.5 Å². The predicted molar refractivity (Wildman–Crippen MR) is 103 cm³/mol. The Morgan fingerprint density at radius 2 is 2.12 bits per heavy atom. The molecule has 9 heteroatoms. The van der Waals surface area contributed by atoms with Gasteiger partial charge in [-0.05, 0) is 18.6 Å². The van der Waals surface area contributed by atoms with E-state index in [-0.39, 0.29) is 6.04 Å². The van der Waals surface area contributed by atoms with Gasteiger partial charge in [0.1, 0.15) is 11.8 Å². The molecule has 1 atom stereocenters. The fourth-order valence-corrected chi connectivity index (χ4v) is 4.14. The number of nitrogens with two attached hydrogens (primary N) is 2. The molecular weight excluding hydrogens is 406 g/mol. The van der Waals surface area contributed by atoms with Crippen LogP contribution in [-0.2, 0) is 6.54 Å². The highest BCUT2D eigenvalue weighted by Gasteiger charge is 2.23. The molecule has 2 aromatic heterocycles. The third-order valence-corrected chi connectivity index (χ3v) is 5.39. The lowest BCUT2D eigenvalue weighted by Gasteiger charge is -2.23. The van der Waals surface area contributed by atoms with Crippen LogP contribution in [0.1, 0.15) is 12.0 Å². The van der Waals surface area contributed by atoms with Crippen molar-refractivity contribution in [3.63, 3.8) is 0 Å². The lowest BCUT2D eigenvalue weighted by Crippen LogP contribution is -2.27. The minimum absolute atomic E-state index is 0.187. The summed E-state index contributed by atoms with van der Waals surface area (Å²) in [5.41, 5.74) is 15.5. The van der Waals surface area contributed by atoms with Crippen LogP contribution in [0.15, 0.2) is 29.3 Å². The maximum atomic E-state index is 6.29. The van der Waals surface area contributed by atoms with Gasteiger partial charge in [0.2, 0.25) is 0 Å². The fourth-order valence-electron chi connectivity index (χ4n) is 3.22. The summed E-state index contributed by atoms with van der Waals surface area (Å²) in [6.45, 7) is 2.33. The van der Waals surface area contributed by atoms with Gasteiger partial charge in [0.05, 0.1) is 12.9 Å². The van der Waals surface area contributed by atoms with Gasteiger partial charge in [-0.1, -0.05) is 27.5 Å². The zero-order valence-electron chi connectivity index (χ0n) is 13.4. The summed E-state index contributed by atoms with van der Waals surface area (Å²) in [5, 5.41) is 0.688. The number of rotatable bonds is 3. The Bertz CT molecular complexity index is 942. The minimum Gasteiger partial charge on any atom is -0.382 e. The van der Waals surface area contributed by atoms with Crippen LogP contribution in [0.4, 0.5) is 11.5 Å². The molecule has 3 aromatic rings. The molecule has 0 radical (unpaired) electrons. The molecule has 0 saturated carbocycles. The topological polar surface area (TPSA) is 98.9 Å². The van der Waals surface area contributed by atoms with Crippen molar-refractivity contribution in [2.75, 3.05) is 23.7 Å². The van der Waals surface area contributed by atoms with Crippen molar-refractivity contribution in [3.05, 3.63) is 39.8 Å². The number of imidazole rings is 1. The first-order valence-corrected chi connectivity index (χ1v) is 9.10. The maximum Gasteiger partial charge on any atom is 0.165 e. The van der Waals surface area contributed by atoms with Crippen molar-refractivity contribution < 1.29 is 0 Å². The van der Waals surface area contributed by atoms with Crippen molar-refractivity contribution in [1.82, 2.24) is 19.5 Å². The number of fused-ring (bicyclic) bond motifs is 1. The van der Waals surface area contributed by atoms with E-state index in [2.05, 4.69) is 35.8 Å². The Balaban J connectivity index is 1.78. The second-order valence-corrected chi connectivity index (χ2v) is 7.47. The maximum absolute atomic E-state index is 6.29. The first-order valence-electron chi connectivity index (χ1n) is 7.92. The first-order chi connectivity index (χ1) is 12.0. The van der Waals surface area contributed by atoms with Crippen LogP contribution in [0.25, 0.3) is 11.2 Å². The molecular formula is C16H17BrClN7. The summed E-state index contributed by atoms with van der Waals surface area (Å²) in [6, 6.07) is 4.08. The molecule has 7 nitrogen and oxygen atoms in total. The van der Waals surface area contributed by atoms with Gasteiger partial charge in [-0.25, -0.2) is 15.0 Å². The lowest BCUT2D eigenvalue weighted by molar-refractivity contribution is 0.751. The smallest absolute Gasteiger partial charge is 0.165 e. The molecule has 0 amide bonds. The highest BCUT2D eigenvalue weighted by molar-refractivity contribution is 9.10. The van der Waals surface area contributed by atoms with Crippen LogP contribution in [0.5, 0.6) is 0 Å². The summed E-state index contributed by atoms with van der Waals surface area (Å²) < 4.78 is 2.90. The molecule has 1 aliphatic heterocycles. The number of nitrogens with zero attached hydrogens (tertiary/aromatic N) is 5. The zero-order valence-corrected chi connectivity index (χ0v) is 15.7. The van der Waals surface area contributed by atoms with E-state index in [1.165, 1.54) is 6.33 Å². The molecule has 1 aliphatic rings. The van der Waals surface area contributed by atoms with E-state index in [1.54, 1.807) is 6.33 Å². The summed E-state index contributed by atoms with van der Waals surface area (Å²) >= 11 is 9.94. The summed E-state index contributed by atoms with van der Waals surface area (Å²) in [6.07, 6.45) is 4.16. The molecule has 4 rings (SSSR count). The van der Waals surface area contributed by atoms with Crippen LogP contribution in [-0.4, -0.2) is 38.7 Å². The van der Waals surface area contributed by atoms with Crippen molar-refractivity contribution in [1.29, 1.82) is 0 Å². The largest absolute Gasteiger partial charge is 0.382 e. The van der Waals surface area contributed by atoms with E-state index in [0.29, 0.717) is 28.5 Å². The van der Waals surface area contributed by atoms with Crippen LogP contribution in [0, 0.1) is 0 Å². The van der Waals surface area contributed by atoms with Gasteiger partial charge in [-0.15, -0.1) is 0 Å². The summed E-state index contributed by atoms with van der Waals surface area (Å²) in [5.74, 6) is 0.379. The van der Waals surface area contributed by atoms with Gasteiger partial charge >= 0.3 is 0 Å². The van der Waals surface area contributed by atoms with Crippen LogP contribution in [0.2, 0.25) is 5.02 Å². The number of nitrogen functional groups attached to an aromatic ring is 1. The van der Waals surface area contributed by atoms with E-state index in [9.17, 15) is 0 Å². The Kier molecular flexibility index (Phi) is 4.26. The highest BCUT2D eigenvalue weighted by atomic mass is 79.9. The number of benzene rings is 1. The monoisotopic (exact) mass is 421 g/mol. The standard InChI is InChI=1S/C16H17BrClN7/c17-12-3-9(18)4-13(24-2-1-10(19)5-24)11(12)6-25-8-23-14-15(20)21-7-22-16(14)25/h3-4,7-8,10H,1-2,5-6,19H2,(H2,20,21,22). The van der Waals surface area contributed by atoms with Crippen molar-refractivity contribution in [2.45, 2.75) is 19.0 Å². The number of anilines is 2. The van der Waals surface area contributed by atoms with Crippen molar-refractivity contribution >= 4 is 50.2 Å². The Hall–Kier alpha value is -1.90. The van der Waals surface area contributed by atoms with E-state index in [4.69, 9.17) is 23.1 Å². The number of aromatic nitrogens is 4. The molecule has 0 bridgehead atoms. The van der Waals surface area contributed by atoms with Gasteiger partial charge < -0.3 is 20.9 Å². The van der Waals surface area contributed by atoms with E-state index in [1.807, 2.05) is 16.7 Å². The number of halogens is 2. The van der Waals surface area contributed by atoms with E-state index < -0.39 is 0 Å². The summed E-state index contributed by atoms with van der Waals surface area (Å²) in [4.78, 5) is 14.9. The second-order valence-electron chi connectivity index (χ2n) is 6.18. The quantitative estimate of drug-likeness (QED) is 0.672. The summed E-state index contributed by atoms with van der Waals surface area (Å²) in [7, 11) is 0. The van der Waals surface area contributed by atoms with Crippen molar-refractivity contribution in [2.24, 2.45) is 5.73 Å². The molecule has 3 heterocycles. The predicted octanol–water partition coefficient (Wildman–Crippen LogP) is 2.41. The van der Waals surface area contributed by atoms with E-state index >= 15 is 0 Å². The van der Waals surface area contributed by atoms with Crippen LogP contribution in [0.3, 0.4) is 0 Å². The molecule has 4 N–H and O–H groups in total. The van der Waals surface area contributed by atoms with Crippen molar-refractivity contribution in [3.8, 4) is 0 Å². The Labute approximate surface area is 158 Å². The zero-order chi connectivity index (χ0) is 17.6. The third-order valence-electron chi connectivity index (χ3n) is 4.46. The molecule has 1 saturated heterocycles. The molecule has 0 aliphatic carbocycles. The van der Waals surface area contributed by atoms with Crippen LogP contribution < -0.4 is 16.4 Å². The SMILES string of the molecule is Nc1ncnc2c1ncn2Cc1c(Br)cc(Cl)cc1N1CCC(N)C1. The molecule has 0 spiro atoms. The average molecular weight is 423 g/mol. The number of hydrogen-bond donors (Lipinski definition) is 2. The molecule has 130 valence electrons. The Morgan fingerprint density at radius 3 is 2.88 bits per heavy atom. The fraction of sp³-hybridized carbons (Fsp3) is 0.312. The first kappa shape index (κ1) is 16.6. The average Bonchev–Trinajstić information content (AvgIpc) is 3.17. The minimum atomic E-state index is 0.187. The van der Waals surface area contributed by atoms with Gasteiger partial charge in [0.15, 0.2) is 11.5 Å². The number of hydrogen-bond acceptors (Lipinski definition) is 6. The van der Waals surface area contributed by atoms with Gasteiger partial charge in [-0.3, -0.25) is 0 Å². The molecule has 1 fully saturated rings.